The van der Waals surface area contributed by atoms with E-state index < -0.39 is 0 Å². The Kier molecular flexibility index (Phi) is 5.22. The van der Waals surface area contributed by atoms with Crippen LogP contribution in [-0.4, -0.2) is 39.3 Å². The second kappa shape index (κ2) is 6.21. The summed E-state index contributed by atoms with van der Waals surface area (Å²) in [6.07, 6.45) is 1.93. The van der Waals surface area contributed by atoms with E-state index in [0.717, 1.165) is 39.1 Å². The Morgan fingerprint density at radius 1 is 1.56 bits per heavy atom. The Balaban J connectivity index is 2.24. The fourth-order valence-electron chi connectivity index (χ4n) is 1.82. The van der Waals surface area contributed by atoms with Crippen molar-refractivity contribution in [3.63, 3.8) is 0 Å². The molecule has 1 amide bonds. The molecule has 1 rings (SSSR count). The van der Waals surface area contributed by atoms with E-state index in [-0.39, 0.29) is 17.2 Å². The highest BCUT2D eigenvalue weighted by Crippen LogP contribution is 2.19. The normalized spacial score (nSPS) is 21.1. The molecule has 1 fully saturated rings. The summed E-state index contributed by atoms with van der Waals surface area (Å²) < 4.78 is 5.06. The lowest BCUT2D eigenvalue weighted by molar-refractivity contribution is -0.124. The van der Waals surface area contributed by atoms with Crippen LogP contribution in [0.4, 0.5) is 0 Å². The molecule has 0 spiro atoms. The van der Waals surface area contributed by atoms with Gasteiger partial charge in [0, 0.05) is 26.8 Å². The predicted molar refractivity (Wildman–Crippen MR) is 64.3 cm³/mol. The molecule has 1 saturated heterocycles. The fourth-order valence-corrected chi connectivity index (χ4v) is 1.82. The molecule has 4 heteroatoms. The summed E-state index contributed by atoms with van der Waals surface area (Å²) in [5.74, 6) is 0.355. The molecule has 0 bridgehead atoms. The summed E-state index contributed by atoms with van der Waals surface area (Å²) in [4.78, 5) is 11.8. The van der Waals surface area contributed by atoms with Crippen molar-refractivity contribution in [3.05, 3.63) is 0 Å². The van der Waals surface area contributed by atoms with Crippen LogP contribution in [0.1, 0.15) is 26.7 Å². The number of amides is 1. The maximum atomic E-state index is 11.8. The van der Waals surface area contributed by atoms with Gasteiger partial charge in [-0.25, -0.2) is 0 Å². The van der Waals surface area contributed by atoms with Crippen molar-refractivity contribution in [2.75, 3.05) is 33.4 Å². The van der Waals surface area contributed by atoms with Gasteiger partial charge < -0.3 is 15.4 Å². The van der Waals surface area contributed by atoms with Gasteiger partial charge >= 0.3 is 0 Å². The summed E-state index contributed by atoms with van der Waals surface area (Å²) in [7, 11) is 1.71. The Hall–Kier alpha value is -0.610. The van der Waals surface area contributed by atoms with Gasteiger partial charge in [-0.2, -0.15) is 0 Å². The summed E-state index contributed by atoms with van der Waals surface area (Å²) in [5.41, 5.74) is 0.109. The molecule has 0 saturated carbocycles. The van der Waals surface area contributed by atoms with E-state index in [2.05, 4.69) is 24.5 Å². The minimum absolute atomic E-state index is 0.109. The monoisotopic (exact) mass is 228 g/mol. The second-order valence-corrected chi connectivity index (χ2v) is 5.31. The third-order valence-electron chi connectivity index (χ3n) is 3.16. The number of carbonyl (C=O) groups excluding carboxylic acids is 1. The smallest absolute Gasteiger partial charge is 0.224 e. The molecule has 0 aliphatic carbocycles. The first-order chi connectivity index (χ1) is 7.55. The molecule has 94 valence electrons. The molecule has 1 unspecified atom stereocenters. The zero-order chi connectivity index (χ0) is 12.0. The van der Waals surface area contributed by atoms with Gasteiger partial charge in [-0.05, 0) is 24.8 Å². The van der Waals surface area contributed by atoms with Crippen LogP contribution in [0.5, 0.6) is 0 Å². The van der Waals surface area contributed by atoms with Crippen molar-refractivity contribution >= 4 is 5.91 Å². The number of ether oxygens (including phenoxy) is 1. The van der Waals surface area contributed by atoms with Crippen LogP contribution >= 0.6 is 0 Å². The molecule has 2 N–H and O–H groups in total. The van der Waals surface area contributed by atoms with Crippen LogP contribution < -0.4 is 10.6 Å². The molecule has 1 heterocycles. The highest BCUT2D eigenvalue weighted by atomic mass is 16.5. The minimum atomic E-state index is 0.109. The average molecular weight is 228 g/mol. The van der Waals surface area contributed by atoms with Crippen LogP contribution in [0.15, 0.2) is 0 Å². The van der Waals surface area contributed by atoms with Gasteiger partial charge in [0.05, 0.1) is 5.92 Å². The molecule has 0 radical (unpaired) electrons. The van der Waals surface area contributed by atoms with Crippen molar-refractivity contribution in [1.29, 1.82) is 0 Å². The number of hydrogen-bond acceptors (Lipinski definition) is 3. The Bertz CT molecular complexity index is 223. The van der Waals surface area contributed by atoms with E-state index in [0.29, 0.717) is 0 Å². The quantitative estimate of drug-likeness (QED) is 0.706. The Labute approximate surface area is 98.1 Å². The number of hydrogen-bond donors (Lipinski definition) is 2. The maximum absolute atomic E-state index is 11.8. The number of carbonyl (C=O) groups is 1. The van der Waals surface area contributed by atoms with Gasteiger partial charge in [0.25, 0.3) is 0 Å². The molecule has 1 atom stereocenters. The highest BCUT2D eigenvalue weighted by Gasteiger charge is 2.24. The molecule has 16 heavy (non-hydrogen) atoms. The lowest BCUT2D eigenvalue weighted by Crippen LogP contribution is -2.38. The van der Waals surface area contributed by atoms with Crippen LogP contribution in [0.2, 0.25) is 0 Å². The number of nitrogens with one attached hydrogen (secondary N) is 2. The van der Waals surface area contributed by atoms with Crippen LogP contribution in [0.25, 0.3) is 0 Å². The van der Waals surface area contributed by atoms with E-state index >= 15 is 0 Å². The lowest BCUT2D eigenvalue weighted by atomic mass is 9.89. The summed E-state index contributed by atoms with van der Waals surface area (Å²) >= 11 is 0. The largest absolute Gasteiger partial charge is 0.385 e. The number of methoxy groups -OCH3 is 1. The maximum Gasteiger partial charge on any atom is 0.224 e. The zero-order valence-corrected chi connectivity index (χ0v) is 10.6. The predicted octanol–water partition coefficient (Wildman–Crippen LogP) is 0.775. The third kappa shape index (κ3) is 4.49. The Morgan fingerprint density at radius 2 is 2.31 bits per heavy atom. The topological polar surface area (TPSA) is 50.4 Å². The average Bonchev–Trinajstić information content (AvgIpc) is 2.77. The van der Waals surface area contributed by atoms with Gasteiger partial charge in [0.1, 0.15) is 0 Å². The van der Waals surface area contributed by atoms with E-state index in [9.17, 15) is 4.79 Å². The Morgan fingerprint density at radius 3 is 2.88 bits per heavy atom. The van der Waals surface area contributed by atoms with Crippen molar-refractivity contribution in [1.82, 2.24) is 10.6 Å². The summed E-state index contributed by atoms with van der Waals surface area (Å²) in [5, 5.41) is 6.24. The second-order valence-electron chi connectivity index (χ2n) is 5.31. The molecule has 0 aromatic rings. The van der Waals surface area contributed by atoms with Gasteiger partial charge in [-0.1, -0.05) is 13.8 Å². The van der Waals surface area contributed by atoms with E-state index in [1.807, 2.05) is 0 Å². The van der Waals surface area contributed by atoms with Crippen molar-refractivity contribution in [3.8, 4) is 0 Å². The number of rotatable bonds is 6. The molecule has 4 nitrogen and oxygen atoms in total. The molecule has 1 aliphatic heterocycles. The molecule has 0 aromatic carbocycles. The van der Waals surface area contributed by atoms with Gasteiger partial charge in [0.2, 0.25) is 5.91 Å². The van der Waals surface area contributed by atoms with Gasteiger partial charge in [0.15, 0.2) is 0 Å². The summed E-state index contributed by atoms with van der Waals surface area (Å²) in [6.45, 7) is 7.56. The molecular formula is C12H24N2O2. The van der Waals surface area contributed by atoms with Crippen LogP contribution in [0, 0.1) is 11.3 Å². The SMILES string of the molecule is COCCC(C)(C)CNC(=O)C1CCNC1. The first-order valence-corrected chi connectivity index (χ1v) is 6.02. The first kappa shape index (κ1) is 13.5. The molecule has 1 aliphatic rings. The van der Waals surface area contributed by atoms with E-state index in [1.54, 1.807) is 7.11 Å². The van der Waals surface area contributed by atoms with Crippen LogP contribution in [-0.2, 0) is 9.53 Å². The summed E-state index contributed by atoms with van der Waals surface area (Å²) in [6, 6.07) is 0. The van der Waals surface area contributed by atoms with Crippen molar-refractivity contribution in [2.45, 2.75) is 26.7 Å². The van der Waals surface area contributed by atoms with Gasteiger partial charge in [-0.3, -0.25) is 4.79 Å². The highest BCUT2D eigenvalue weighted by molar-refractivity contribution is 5.79. The molecular weight excluding hydrogens is 204 g/mol. The zero-order valence-electron chi connectivity index (χ0n) is 10.6. The van der Waals surface area contributed by atoms with Crippen molar-refractivity contribution in [2.24, 2.45) is 11.3 Å². The van der Waals surface area contributed by atoms with Gasteiger partial charge in [-0.15, -0.1) is 0 Å². The minimum Gasteiger partial charge on any atom is -0.385 e. The van der Waals surface area contributed by atoms with E-state index in [4.69, 9.17) is 4.74 Å². The fraction of sp³-hybridized carbons (Fsp3) is 0.917. The molecule has 0 aromatic heterocycles. The van der Waals surface area contributed by atoms with Crippen LogP contribution in [0.3, 0.4) is 0 Å². The van der Waals surface area contributed by atoms with Crippen molar-refractivity contribution < 1.29 is 9.53 Å². The third-order valence-corrected chi connectivity index (χ3v) is 3.16. The first-order valence-electron chi connectivity index (χ1n) is 6.02. The van der Waals surface area contributed by atoms with E-state index in [1.165, 1.54) is 0 Å². The standard InChI is InChI=1S/C12H24N2O2/c1-12(2,5-7-16-3)9-14-11(15)10-4-6-13-8-10/h10,13H,4-9H2,1-3H3,(H,14,15). The lowest BCUT2D eigenvalue weighted by Gasteiger charge is -2.25.